The van der Waals surface area contributed by atoms with Crippen LogP contribution in [0.3, 0.4) is 0 Å². The van der Waals surface area contributed by atoms with Crippen molar-refractivity contribution in [1.29, 1.82) is 0 Å². The maximum atomic E-state index is 9.02. The molecule has 0 radical (unpaired) electrons. The highest BCUT2D eigenvalue weighted by Crippen LogP contribution is 2.18. The quantitative estimate of drug-likeness (QED) is 0.718. The first-order valence-electron chi connectivity index (χ1n) is 4.12. The van der Waals surface area contributed by atoms with Crippen LogP contribution in [0, 0.1) is 6.92 Å². The van der Waals surface area contributed by atoms with Gasteiger partial charge in [0, 0.05) is 18.2 Å². The molecule has 1 aromatic heterocycles. The van der Waals surface area contributed by atoms with E-state index in [4.69, 9.17) is 22.4 Å². The molecular formula is C9H13ClN2O. The fraction of sp³-hybridized carbons (Fsp3) is 0.444. The third kappa shape index (κ3) is 2.66. The highest BCUT2D eigenvalue weighted by atomic mass is 35.5. The maximum Gasteiger partial charge on any atom is 0.129 e. The van der Waals surface area contributed by atoms with E-state index >= 15 is 0 Å². The van der Waals surface area contributed by atoms with Gasteiger partial charge in [-0.1, -0.05) is 11.6 Å². The number of pyridine rings is 1. The van der Waals surface area contributed by atoms with Gasteiger partial charge in [-0.2, -0.15) is 0 Å². The number of rotatable bonds is 3. The summed E-state index contributed by atoms with van der Waals surface area (Å²) in [7, 11) is 0. The van der Waals surface area contributed by atoms with Crippen LogP contribution in [0.4, 0.5) is 0 Å². The van der Waals surface area contributed by atoms with Gasteiger partial charge in [-0.05, 0) is 24.6 Å². The van der Waals surface area contributed by atoms with Gasteiger partial charge in [0.25, 0.3) is 0 Å². The lowest BCUT2D eigenvalue weighted by Gasteiger charge is -2.12. The Balaban J connectivity index is 2.99. The first-order valence-corrected chi connectivity index (χ1v) is 4.50. The molecule has 1 atom stereocenters. The second-order valence-electron chi connectivity index (χ2n) is 2.98. The molecule has 0 bridgehead atoms. The van der Waals surface area contributed by atoms with Gasteiger partial charge in [-0.3, -0.25) is 0 Å². The smallest absolute Gasteiger partial charge is 0.129 e. The minimum absolute atomic E-state index is 0.0380. The average Bonchev–Trinajstić information content (AvgIpc) is 2.04. The van der Waals surface area contributed by atoms with Crippen LogP contribution in [0.1, 0.15) is 17.2 Å². The van der Waals surface area contributed by atoms with Crippen molar-refractivity contribution in [3.05, 3.63) is 28.5 Å². The van der Waals surface area contributed by atoms with Crippen molar-refractivity contribution < 1.29 is 5.11 Å². The summed E-state index contributed by atoms with van der Waals surface area (Å²) in [6.45, 7) is 2.31. The summed E-state index contributed by atoms with van der Waals surface area (Å²) >= 11 is 5.77. The van der Waals surface area contributed by atoms with E-state index in [-0.39, 0.29) is 12.5 Å². The molecule has 1 aromatic rings. The van der Waals surface area contributed by atoms with Gasteiger partial charge in [-0.15, -0.1) is 0 Å². The molecule has 0 fully saturated rings. The zero-order valence-corrected chi connectivity index (χ0v) is 8.25. The van der Waals surface area contributed by atoms with Crippen LogP contribution < -0.4 is 5.73 Å². The summed E-state index contributed by atoms with van der Waals surface area (Å²) < 4.78 is 0. The molecule has 72 valence electrons. The summed E-state index contributed by atoms with van der Waals surface area (Å²) in [5, 5.41) is 9.46. The highest BCUT2D eigenvalue weighted by Gasteiger charge is 2.09. The van der Waals surface area contributed by atoms with Gasteiger partial charge in [0.05, 0.1) is 6.61 Å². The van der Waals surface area contributed by atoms with Gasteiger partial charge in [0.2, 0.25) is 0 Å². The third-order valence-electron chi connectivity index (χ3n) is 1.92. The van der Waals surface area contributed by atoms with Crippen LogP contribution in [0.25, 0.3) is 0 Å². The standard InChI is InChI=1S/C9H13ClN2O/c1-6-2-7(3-9(10)12-6)8(4-11)5-13/h2-3,8,13H,4-5,11H2,1H3. The predicted molar refractivity (Wildman–Crippen MR) is 52.9 cm³/mol. The van der Waals surface area contributed by atoms with E-state index in [9.17, 15) is 0 Å². The SMILES string of the molecule is Cc1cc(C(CN)CO)cc(Cl)n1. The van der Waals surface area contributed by atoms with E-state index in [1.54, 1.807) is 6.07 Å². The van der Waals surface area contributed by atoms with Crippen molar-refractivity contribution in [2.45, 2.75) is 12.8 Å². The second kappa shape index (κ2) is 4.56. The number of hydrogen-bond acceptors (Lipinski definition) is 3. The molecule has 0 aromatic carbocycles. The Hall–Kier alpha value is -0.640. The van der Waals surface area contributed by atoms with E-state index < -0.39 is 0 Å². The van der Waals surface area contributed by atoms with Crippen LogP contribution in [0.15, 0.2) is 12.1 Å². The van der Waals surface area contributed by atoms with E-state index in [0.29, 0.717) is 11.7 Å². The number of aromatic nitrogens is 1. The molecule has 4 heteroatoms. The maximum absolute atomic E-state index is 9.02. The monoisotopic (exact) mass is 200 g/mol. The van der Waals surface area contributed by atoms with Crippen molar-refractivity contribution in [3.63, 3.8) is 0 Å². The second-order valence-corrected chi connectivity index (χ2v) is 3.37. The molecule has 1 heterocycles. The van der Waals surface area contributed by atoms with E-state index in [1.807, 2.05) is 13.0 Å². The first-order chi connectivity index (χ1) is 6.17. The normalized spacial score (nSPS) is 12.9. The molecular weight excluding hydrogens is 188 g/mol. The number of aliphatic hydroxyl groups excluding tert-OH is 1. The summed E-state index contributed by atoms with van der Waals surface area (Å²) in [5.74, 6) is -0.0424. The number of hydrogen-bond donors (Lipinski definition) is 2. The Morgan fingerprint density at radius 1 is 1.62 bits per heavy atom. The lowest BCUT2D eigenvalue weighted by molar-refractivity contribution is 0.268. The van der Waals surface area contributed by atoms with Crippen LogP contribution in [0.2, 0.25) is 5.15 Å². The van der Waals surface area contributed by atoms with E-state index in [1.165, 1.54) is 0 Å². The largest absolute Gasteiger partial charge is 0.396 e. The molecule has 1 rings (SSSR count). The van der Waals surface area contributed by atoms with Crippen molar-refractivity contribution >= 4 is 11.6 Å². The van der Waals surface area contributed by atoms with Crippen molar-refractivity contribution in [2.75, 3.05) is 13.2 Å². The van der Waals surface area contributed by atoms with Gasteiger partial charge >= 0.3 is 0 Å². The average molecular weight is 201 g/mol. The molecule has 0 amide bonds. The zero-order valence-electron chi connectivity index (χ0n) is 7.50. The minimum atomic E-state index is -0.0424. The summed E-state index contributed by atoms with van der Waals surface area (Å²) in [6.07, 6.45) is 0. The summed E-state index contributed by atoms with van der Waals surface area (Å²) in [6, 6.07) is 3.63. The number of aryl methyl sites for hydroxylation is 1. The molecule has 0 aliphatic heterocycles. The van der Waals surface area contributed by atoms with Gasteiger partial charge in [-0.25, -0.2) is 4.98 Å². The lowest BCUT2D eigenvalue weighted by Crippen LogP contribution is -2.16. The van der Waals surface area contributed by atoms with Crippen molar-refractivity contribution in [3.8, 4) is 0 Å². The molecule has 0 saturated heterocycles. The summed E-state index contributed by atoms with van der Waals surface area (Å²) in [4.78, 5) is 4.03. The fourth-order valence-corrected chi connectivity index (χ4v) is 1.46. The van der Waals surface area contributed by atoms with Crippen molar-refractivity contribution in [1.82, 2.24) is 4.98 Å². The lowest BCUT2D eigenvalue weighted by atomic mass is 10.0. The molecule has 13 heavy (non-hydrogen) atoms. The Bertz CT molecular complexity index is 267. The molecule has 0 aliphatic carbocycles. The Labute approximate surface area is 82.5 Å². The third-order valence-corrected chi connectivity index (χ3v) is 2.11. The Morgan fingerprint density at radius 3 is 2.77 bits per heavy atom. The van der Waals surface area contributed by atoms with Crippen molar-refractivity contribution in [2.24, 2.45) is 5.73 Å². The van der Waals surface area contributed by atoms with Crippen LogP contribution >= 0.6 is 11.6 Å². The predicted octanol–water partition coefficient (Wildman–Crippen LogP) is 1.08. The molecule has 1 unspecified atom stereocenters. The zero-order chi connectivity index (χ0) is 9.84. The number of nitrogens with zero attached hydrogens (tertiary/aromatic N) is 1. The fourth-order valence-electron chi connectivity index (χ4n) is 1.21. The van der Waals surface area contributed by atoms with Crippen LogP contribution in [-0.4, -0.2) is 23.2 Å². The topological polar surface area (TPSA) is 59.1 Å². The van der Waals surface area contributed by atoms with E-state index in [0.717, 1.165) is 11.3 Å². The van der Waals surface area contributed by atoms with Gasteiger partial charge < -0.3 is 10.8 Å². The molecule has 3 N–H and O–H groups in total. The number of aliphatic hydroxyl groups is 1. The first kappa shape index (κ1) is 10.4. The van der Waals surface area contributed by atoms with Gasteiger partial charge in [0.15, 0.2) is 0 Å². The van der Waals surface area contributed by atoms with Gasteiger partial charge in [0.1, 0.15) is 5.15 Å². The molecule has 0 saturated carbocycles. The summed E-state index contributed by atoms with van der Waals surface area (Å²) in [5.41, 5.74) is 7.28. The van der Waals surface area contributed by atoms with Crippen LogP contribution in [0.5, 0.6) is 0 Å². The Morgan fingerprint density at radius 2 is 2.31 bits per heavy atom. The Kier molecular flexibility index (Phi) is 3.66. The van der Waals surface area contributed by atoms with Crippen LogP contribution in [-0.2, 0) is 0 Å². The molecule has 3 nitrogen and oxygen atoms in total. The minimum Gasteiger partial charge on any atom is -0.396 e. The molecule has 0 aliphatic rings. The van der Waals surface area contributed by atoms with E-state index in [2.05, 4.69) is 4.98 Å². The highest BCUT2D eigenvalue weighted by molar-refractivity contribution is 6.29. The molecule has 0 spiro atoms. The number of halogens is 1. The number of nitrogens with two attached hydrogens (primary N) is 1.